The summed E-state index contributed by atoms with van der Waals surface area (Å²) in [7, 11) is 0. The van der Waals surface area contributed by atoms with E-state index in [1.165, 1.54) is 4.90 Å². The maximum absolute atomic E-state index is 14.2. The quantitative estimate of drug-likeness (QED) is 0.0965. The van der Waals surface area contributed by atoms with Crippen LogP contribution in [0.2, 0.25) is 0 Å². The van der Waals surface area contributed by atoms with Gasteiger partial charge in [-0.2, -0.15) is 5.10 Å². The number of anilines is 1. The first-order valence-electron chi connectivity index (χ1n) is 22.5. The number of hydrogen-bond donors (Lipinski definition) is 5. The Kier molecular flexibility index (Phi) is 13.4. The van der Waals surface area contributed by atoms with E-state index < -0.39 is 23.6 Å². The third-order valence-electron chi connectivity index (χ3n) is 13.3. The van der Waals surface area contributed by atoms with Crippen LogP contribution in [-0.2, 0) is 20.9 Å². The number of β-amino-alcohol motifs (C(OH)–C–C–N with tert-alkyl or cyclic N) is 1. The molecule has 338 valence electrons. The molecule has 1 aliphatic carbocycles. The summed E-state index contributed by atoms with van der Waals surface area (Å²) in [6, 6.07) is 15.9. The minimum atomic E-state index is -0.855. The third-order valence-corrected chi connectivity index (χ3v) is 14.3. The molecule has 2 aliphatic heterocycles. The number of nitrogens with one attached hydrogen (secondary N) is 2. The van der Waals surface area contributed by atoms with Crippen LogP contribution < -0.4 is 16.4 Å². The largest absolute Gasteiger partial charge is 0.507 e. The minimum absolute atomic E-state index is 0.0354. The van der Waals surface area contributed by atoms with Crippen molar-refractivity contribution >= 4 is 34.9 Å². The van der Waals surface area contributed by atoms with E-state index in [9.17, 15) is 24.6 Å². The number of aromatic nitrogens is 5. The van der Waals surface area contributed by atoms with Gasteiger partial charge in [0.2, 0.25) is 17.7 Å². The molecule has 6 N–H and O–H groups in total. The lowest BCUT2D eigenvalue weighted by Crippen LogP contribution is -2.57. The third kappa shape index (κ3) is 10.1. The number of rotatable bonds is 12. The molecule has 5 heterocycles. The molecule has 5 aromatic rings. The number of amides is 3. The predicted octanol–water partition coefficient (Wildman–Crippen LogP) is 6.12. The van der Waals surface area contributed by atoms with Gasteiger partial charge in [-0.05, 0) is 86.1 Å². The van der Waals surface area contributed by atoms with Crippen molar-refractivity contribution in [3.8, 4) is 38.6 Å². The Morgan fingerprint density at radius 2 is 1.67 bits per heavy atom. The van der Waals surface area contributed by atoms with Crippen molar-refractivity contribution in [3.05, 3.63) is 83.8 Å². The Labute approximate surface area is 378 Å². The topological polar surface area (TPSA) is 205 Å². The number of aliphatic hydroxyl groups excluding tert-OH is 1. The second-order valence-corrected chi connectivity index (χ2v) is 19.7. The Morgan fingerprint density at radius 3 is 2.36 bits per heavy atom. The Balaban J connectivity index is 0.800. The van der Waals surface area contributed by atoms with Gasteiger partial charge < -0.3 is 36.4 Å². The highest BCUT2D eigenvalue weighted by Crippen LogP contribution is 2.36. The Morgan fingerprint density at radius 1 is 0.938 bits per heavy atom. The van der Waals surface area contributed by atoms with Crippen molar-refractivity contribution in [1.82, 2.24) is 45.4 Å². The van der Waals surface area contributed by atoms with Crippen molar-refractivity contribution < 1.29 is 24.6 Å². The first-order valence-corrected chi connectivity index (χ1v) is 23.3. The van der Waals surface area contributed by atoms with Crippen molar-refractivity contribution in [2.75, 3.05) is 25.4 Å². The van der Waals surface area contributed by atoms with Crippen LogP contribution in [0.3, 0.4) is 0 Å². The number of likely N-dealkylation sites (tertiary alicyclic amines) is 2. The van der Waals surface area contributed by atoms with Gasteiger partial charge in [-0.3, -0.25) is 19.1 Å². The van der Waals surface area contributed by atoms with E-state index in [-0.39, 0.29) is 54.9 Å². The number of nitrogen functional groups attached to an aromatic ring is 1. The molecule has 8 rings (SSSR count). The highest BCUT2D eigenvalue weighted by Gasteiger charge is 2.44. The average molecular weight is 889 g/mol. The van der Waals surface area contributed by atoms with Crippen LogP contribution in [0.1, 0.15) is 89.4 Å². The van der Waals surface area contributed by atoms with Gasteiger partial charge in [-0.25, -0.2) is 4.98 Å². The summed E-state index contributed by atoms with van der Waals surface area (Å²) >= 11 is 1.59. The maximum Gasteiger partial charge on any atom is 0.246 e. The van der Waals surface area contributed by atoms with E-state index in [2.05, 4.69) is 30.7 Å². The number of phenols is 1. The van der Waals surface area contributed by atoms with Crippen LogP contribution in [-0.4, -0.2) is 107 Å². The van der Waals surface area contributed by atoms with Gasteiger partial charge in [-0.15, -0.1) is 21.5 Å². The number of nitrogens with two attached hydrogens (primary N) is 1. The lowest BCUT2D eigenvalue weighted by molar-refractivity contribution is -0.144. The molecule has 0 bridgehead atoms. The summed E-state index contributed by atoms with van der Waals surface area (Å²) in [6.45, 7) is 9.97. The van der Waals surface area contributed by atoms with Crippen LogP contribution in [0.5, 0.6) is 5.75 Å². The number of piperidine rings is 1. The summed E-state index contributed by atoms with van der Waals surface area (Å²) in [5.41, 5.74) is 13.1. The summed E-state index contributed by atoms with van der Waals surface area (Å²) in [5, 5.41) is 40.2. The number of benzene rings is 2. The van der Waals surface area contributed by atoms with Gasteiger partial charge in [0.1, 0.15) is 17.8 Å². The zero-order valence-electron chi connectivity index (χ0n) is 37.1. The number of carbonyl (C=O) groups excluding carboxylic acids is 3. The molecule has 2 aromatic carbocycles. The molecule has 16 heteroatoms. The molecule has 0 radical (unpaired) electrons. The van der Waals surface area contributed by atoms with E-state index in [1.807, 2.05) is 86.7 Å². The summed E-state index contributed by atoms with van der Waals surface area (Å²) in [6.07, 6.45) is 9.33. The van der Waals surface area contributed by atoms with Gasteiger partial charge in [0.05, 0.1) is 40.1 Å². The Bertz CT molecular complexity index is 2430. The highest BCUT2D eigenvalue weighted by molar-refractivity contribution is 7.13. The SMILES string of the molecule is Cc1ncsc1-c1ccc(CNC(=O)[C@@H]2C[C@@H](O)CN2C(=O)[C@@H](NC(=O)C[C@H]2CC[C@H](N3CCC(n4cc(-c5cc(-c6ccccc6O)nnc5N)cn4)CC3)CC2)C(C)(C)C)cc1. The van der Waals surface area contributed by atoms with Crippen LogP contribution in [0.15, 0.2) is 72.5 Å². The molecular formula is C48H60N10O5S. The number of hydrogen-bond acceptors (Lipinski definition) is 12. The molecule has 3 aliphatic rings. The number of phenolic OH excluding ortho intramolecular Hbond substituents is 1. The molecule has 64 heavy (non-hydrogen) atoms. The van der Waals surface area contributed by atoms with Crippen molar-refractivity contribution in [2.45, 2.75) is 116 Å². The number of carbonyl (C=O) groups is 3. The second-order valence-electron chi connectivity index (χ2n) is 18.8. The number of aliphatic hydroxyl groups is 1. The zero-order valence-corrected chi connectivity index (χ0v) is 37.9. The van der Waals surface area contributed by atoms with Crippen LogP contribution >= 0.6 is 11.3 Å². The van der Waals surface area contributed by atoms with Crippen molar-refractivity contribution in [1.29, 1.82) is 0 Å². The zero-order chi connectivity index (χ0) is 45.1. The maximum atomic E-state index is 14.2. The lowest BCUT2D eigenvalue weighted by atomic mass is 9.82. The average Bonchev–Trinajstić information content (AvgIpc) is 4.05. The van der Waals surface area contributed by atoms with Gasteiger partial charge in [0, 0.05) is 67.9 Å². The predicted molar refractivity (Wildman–Crippen MR) is 247 cm³/mol. The van der Waals surface area contributed by atoms with Crippen LogP contribution in [0.25, 0.3) is 32.8 Å². The molecule has 3 amide bonds. The van der Waals surface area contributed by atoms with Gasteiger partial charge in [-0.1, -0.05) is 57.2 Å². The van der Waals surface area contributed by atoms with Gasteiger partial charge in [0.15, 0.2) is 5.82 Å². The van der Waals surface area contributed by atoms with E-state index >= 15 is 0 Å². The number of para-hydroxylation sites is 1. The van der Waals surface area contributed by atoms with E-state index in [4.69, 9.17) is 10.8 Å². The van der Waals surface area contributed by atoms with Crippen LogP contribution in [0, 0.1) is 18.3 Å². The fourth-order valence-corrected chi connectivity index (χ4v) is 10.4. The smallest absolute Gasteiger partial charge is 0.246 e. The molecule has 1 saturated carbocycles. The molecule has 3 atom stereocenters. The monoisotopic (exact) mass is 888 g/mol. The Hall–Kier alpha value is -5.71. The summed E-state index contributed by atoms with van der Waals surface area (Å²) < 4.78 is 2.03. The minimum Gasteiger partial charge on any atom is -0.507 e. The first kappa shape index (κ1) is 44.9. The number of aromatic hydroxyl groups is 1. The van der Waals surface area contributed by atoms with E-state index in [0.29, 0.717) is 29.5 Å². The molecule has 15 nitrogen and oxygen atoms in total. The fraction of sp³-hybridized carbons (Fsp3) is 0.479. The van der Waals surface area contributed by atoms with Crippen molar-refractivity contribution in [3.63, 3.8) is 0 Å². The molecule has 3 aromatic heterocycles. The standard InChI is InChI=1S/C48H60N10O5S/c1-29-43(64-28-51-29)32-13-9-31(10-14-32)24-50-46(62)40-22-36(59)27-57(40)47(63)44(48(2,3)4)53-42(61)21-30-11-15-34(16-12-30)56-19-17-35(18-20-56)58-26-33(25-52-58)38-23-39(54-55-45(38)49)37-7-5-6-8-41(37)60/h5-10,13-14,23,25-26,28,30,34-36,40,44,59-60H,11-12,15-22,24,27H2,1-4H3,(H2,49,55)(H,50,62)(H,53,61)/t30-,34-,36-,40+,44-/m1/s1. The number of thiazole rings is 1. The van der Waals surface area contributed by atoms with Crippen molar-refractivity contribution in [2.24, 2.45) is 11.3 Å². The molecular weight excluding hydrogens is 829 g/mol. The molecule has 0 unspecified atom stereocenters. The molecule has 2 saturated heterocycles. The summed E-state index contributed by atoms with van der Waals surface area (Å²) in [5.74, 6) is -0.180. The van der Waals surface area contributed by atoms with E-state index in [1.54, 1.807) is 29.5 Å². The highest BCUT2D eigenvalue weighted by atomic mass is 32.1. The number of aryl methyl sites for hydroxylation is 1. The summed E-state index contributed by atoms with van der Waals surface area (Å²) in [4.78, 5) is 50.9. The lowest BCUT2D eigenvalue weighted by Gasteiger charge is -2.41. The van der Waals surface area contributed by atoms with Gasteiger partial charge in [0.25, 0.3) is 0 Å². The van der Waals surface area contributed by atoms with Crippen LogP contribution in [0.4, 0.5) is 5.82 Å². The molecule has 0 spiro atoms. The van der Waals surface area contributed by atoms with Gasteiger partial charge >= 0.3 is 0 Å². The first-order chi connectivity index (χ1) is 30.7. The fourth-order valence-electron chi connectivity index (χ4n) is 9.62. The number of nitrogens with zero attached hydrogens (tertiary/aromatic N) is 7. The van der Waals surface area contributed by atoms with E-state index in [0.717, 1.165) is 84.4 Å². The molecule has 3 fully saturated rings. The normalized spacial score (nSPS) is 21.4. The second kappa shape index (κ2) is 19.2.